The van der Waals surface area contributed by atoms with Crippen LogP contribution < -0.4 is 20.5 Å². The van der Waals surface area contributed by atoms with Crippen LogP contribution >= 0.6 is 0 Å². The molecule has 0 bridgehead atoms. The van der Waals surface area contributed by atoms with Gasteiger partial charge in [0.2, 0.25) is 0 Å². The van der Waals surface area contributed by atoms with Crippen LogP contribution in [0.1, 0.15) is 25.5 Å². The molecule has 0 radical (unpaired) electrons. The lowest BCUT2D eigenvalue weighted by molar-refractivity contribution is 0.191. The van der Waals surface area contributed by atoms with E-state index in [0.717, 1.165) is 0 Å². The lowest BCUT2D eigenvalue weighted by Crippen LogP contribution is -2.53. The van der Waals surface area contributed by atoms with Crippen molar-refractivity contribution in [2.75, 3.05) is 37.7 Å². The summed E-state index contributed by atoms with van der Waals surface area (Å²) in [6.07, 6.45) is 3.02. The summed E-state index contributed by atoms with van der Waals surface area (Å²) in [4.78, 5) is 34.6. The normalized spacial score (nSPS) is 15.2. The molecule has 0 aliphatic carbocycles. The van der Waals surface area contributed by atoms with E-state index in [4.69, 9.17) is 4.74 Å². The number of benzene rings is 1. The summed E-state index contributed by atoms with van der Waals surface area (Å²) in [5.74, 6) is 0.112. The Labute approximate surface area is 162 Å². The quantitative estimate of drug-likeness (QED) is 0.815. The number of ether oxygens (including phenoxy) is 1. The summed E-state index contributed by atoms with van der Waals surface area (Å²) < 4.78 is 19.2. The molecule has 1 saturated heterocycles. The van der Waals surface area contributed by atoms with Crippen LogP contribution in [0, 0.1) is 5.82 Å². The van der Waals surface area contributed by atoms with Crippen LogP contribution in [0.5, 0.6) is 5.75 Å². The second kappa shape index (κ2) is 8.73. The van der Waals surface area contributed by atoms with Gasteiger partial charge in [0.05, 0.1) is 12.6 Å². The van der Waals surface area contributed by atoms with Crippen molar-refractivity contribution in [2.45, 2.75) is 19.9 Å². The first-order valence-electron chi connectivity index (χ1n) is 9.26. The van der Waals surface area contributed by atoms with Crippen LogP contribution in [0.25, 0.3) is 0 Å². The summed E-state index contributed by atoms with van der Waals surface area (Å²) >= 11 is 0. The molecule has 2 amide bonds. The minimum absolute atomic E-state index is 0.199. The van der Waals surface area contributed by atoms with Gasteiger partial charge in [0, 0.05) is 38.6 Å². The maximum Gasteiger partial charge on any atom is 0.317 e. The van der Waals surface area contributed by atoms with Crippen molar-refractivity contribution in [2.24, 2.45) is 0 Å². The third-order valence-corrected chi connectivity index (χ3v) is 4.65. The molecule has 9 heteroatoms. The second-order valence-electron chi connectivity index (χ2n) is 6.51. The van der Waals surface area contributed by atoms with E-state index in [1.165, 1.54) is 18.5 Å². The summed E-state index contributed by atoms with van der Waals surface area (Å²) in [6.45, 7) is 5.94. The Morgan fingerprint density at radius 2 is 2.11 bits per heavy atom. The Hall–Kier alpha value is -3.10. The van der Waals surface area contributed by atoms with Crippen LogP contribution in [0.4, 0.5) is 15.0 Å². The van der Waals surface area contributed by atoms with Gasteiger partial charge < -0.3 is 24.8 Å². The van der Waals surface area contributed by atoms with Gasteiger partial charge in [-0.1, -0.05) is 6.07 Å². The number of carbonyl (C=O) groups excluding carboxylic acids is 1. The third-order valence-electron chi connectivity index (χ3n) is 4.65. The van der Waals surface area contributed by atoms with E-state index in [1.54, 1.807) is 30.9 Å². The first-order valence-corrected chi connectivity index (χ1v) is 9.26. The first kappa shape index (κ1) is 19.7. The molecular weight excluding hydrogens is 365 g/mol. The molecule has 28 heavy (non-hydrogen) atoms. The number of piperazine rings is 1. The molecule has 1 fully saturated rings. The van der Waals surface area contributed by atoms with Crippen molar-refractivity contribution in [1.82, 2.24) is 20.2 Å². The molecule has 1 aliphatic heterocycles. The zero-order chi connectivity index (χ0) is 20.1. The lowest BCUT2D eigenvalue weighted by atomic mass is 10.1. The average molecular weight is 389 g/mol. The zero-order valence-corrected chi connectivity index (χ0v) is 15.9. The summed E-state index contributed by atoms with van der Waals surface area (Å²) in [6, 6.07) is 4.11. The Balaban J connectivity index is 1.56. The van der Waals surface area contributed by atoms with Crippen LogP contribution in [0.2, 0.25) is 0 Å². The van der Waals surface area contributed by atoms with Gasteiger partial charge in [-0.25, -0.2) is 14.2 Å². The molecule has 1 aromatic heterocycles. The molecule has 8 nitrogen and oxygen atoms in total. The number of nitrogens with zero attached hydrogens (tertiary/aromatic N) is 3. The zero-order valence-electron chi connectivity index (χ0n) is 15.9. The SMILES string of the molecule is CCOc1ccc(C(C)NC(=O)N2CCN(c3ncc[nH]c3=O)CC2)cc1F. The smallest absolute Gasteiger partial charge is 0.317 e. The molecular formula is C19H24FN5O3. The molecule has 1 aromatic carbocycles. The lowest BCUT2D eigenvalue weighted by Gasteiger charge is -2.35. The van der Waals surface area contributed by atoms with Gasteiger partial charge in [0.1, 0.15) is 0 Å². The molecule has 2 aromatic rings. The maximum absolute atomic E-state index is 14.0. The van der Waals surface area contributed by atoms with Gasteiger partial charge in [-0.15, -0.1) is 0 Å². The van der Waals surface area contributed by atoms with Crippen molar-refractivity contribution in [1.29, 1.82) is 0 Å². The topological polar surface area (TPSA) is 90.6 Å². The van der Waals surface area contributed by atoms with Crippen molar-refractivity contribution < 1.29 is 13.9 Å². The molecule has 2 heterocycles. The van der Waals surface area contributed by atoms with E-state index in [1.807, 2.05) is 4.90 Å². The summed E-state index contributed by atoms with van der Waals surface area (Å²) in [5.41, 5.74) is 0.416. The third kappa shape index (κ3) is 4.41. The van der Waals surface area contributed by atoms with E-state index >= 15 is 0 Å². The van der Waals surface area contributed by atoms with E-state index in [-0.39, 0.29) is 23.4 Å². The highest BCUT2D eigenvalue weighted by Crippen LogP contribution is 2.22. The van der Waals surface area contributed by atoms with Gasteiger partial charge in [-0.05, 0) is 31.5 Å². The van der Waals surface area contributed by atoms with E-state index in [0.29, 0.717) is 44.2 Å². The number of aromatic amines is 1. The van der Waals surface area contributed by atoms with Gasteiger partial charge in [-0.3, -0.25) is 4.79 Å². The minimum Gasteiger partial charge on any atom is -0.491 e. The standard InChI is InChI=1S/C19H24FN5O3/c1-3-28-16-5-4-14(12-15(16)20)13(2)23-19(27)25-10-8-24(9-11-25)17-18(26)22-7-6-21-17/h4-7,12-13H,3,8-11H2,1-2H3,(H,22,26)(H,23,27). The molecule has 1 unspecified atom stereocenters. The summed E-state index contributed by atoms with van der Waals surface area (Å²) in [7, 11) is 0. The Kier molecular flexibility index (Phi) is 6.13. The highest BCUT2D eigenvalue weighted by atomic mass is 19.1. The van der Waals surface area contributed by atoms with Gasteiger partial charge in [0.25, 0.3) is 5.56 Å². The Bertz CT molecular complexity index is 880. The number of hydrogen-bond acceptors (Lipinski definition) is 5. The number of aromatic nitrogens is 2. The van der Waals surface area contributed by atoms with Crippen molar-refractivity contribution in [3.05, 3.63) is 52.3 Å². The monoisotopic (exact) mass is 389 g/mol. The average Bonchev–Trinajstić information content (AvgIpc) is 2.70. The maximum atomic E-state index is 14.0. The van der Waals surface area contributed by atoms with Gasteiger partial charge >= 0.3 is 6.03 Å². The fourth-order valence-corrected chi connectivity index (χ4v) is 3.11. The molecule has 1 atom stereocenters. The van der Waals surface area contributed by atoms with Crippen molar-refractivity contribution >= 4 is 11.8 Å². The number of H-pyrrole nitrogens is 1. The number of rotatable bonds is 5. The summed E-state index contributed by atoms with van der Waals surface area (Å²) in [5, 5.41) is 2.89. The number of carbonyl (C=O) groups is 1. The van der Waals surface area contributed by atoms with E-state index in [9.17, 15) is 14.0 Å². The number of anilines is 1. The van der Waals surface area contributed by atoms with Crippen molar-refractivity contribution in [3.8, 4) is 5.75 Å². The molecule has 0 spiro atoms. The highest BCUT2D eigenvalue weighted by molar-refractivity contribution is 5.75. The Morgan fingerprint density at radius 3 is 2.75 bits per heavy atom. The predicted molar refractivity (Wildman–Crippen MR) is 103 cm³/mol. The van der Waals surface area contributed by atoms with Crippen LogP contribution in [-0.2, 0) is 0 Å². The Morgan fingerprint density at radius 1 is 1.36 bits per heavy atom. The molecule has 2 N–H and O–H groups in total. The van der Waals surface area contributed by atoms with Crippen LogP contribution in [0.15, 0.2) is 35.4 Å². The van der Waals surface area contributed by atoms with Gasteiger partial charge in [-0.2, -0.15) is 0 Å². The molecule has 0 saturated carbocycles. The number of halogens is 1. The van der Waals surface area contributed by atoms with Crippen LogP contribution in [-0.4, -0.2) is 53.7 Å². The highest BCUT2D eigenvalue weighted by Gasteiger charge is 2.24. The fraction of sp³-hybridized carbons (Fsp3) is 0.421. The first-order chi connectivity index (χ1) is 13.5. The number of urea groups is 1. The van der Waals surface area contributed by atoms with E-state index < -0.39 is 5.82 Å². The molecule has 1 aliphatic rings. The molecule has 3 rings (SSSR count). The largest absolute Gasteiger partial charge is 0.491 e. The second-order valence-corrected chi connectivity index (χ2v) is 6.51. The van der Waals surface area contributed by atoms with Crippen molar-refractivity contribution in [3.63, 3.8) is 0 Å². The number of nitrogens with one attached hydrogen (secondary N) is 2. The fourth-order valence-electron chi connectivity index (χ4n) is 3.11. The number of amides is 2. The number of hydrogen-bond donors (Lipinski definition) is 2. The van der Waals surface area contributed by atoms with E-state index in [2.05, 4.69) is 15.3 Å². The minimum atomic E-state index is -0.449. The predicted octanol–water partition coefficient (Wildman–Crippen LogP) is 1.90. The van der Waals surface area contributed by atoms with Crippen LogP contribution in [0.3, 0.4) is 0 Å². The van der Waals surface area contributed by atoms with Gasteiger partial charge in [0.15, 0.2) is 17.4 Å². The molecule has 150 valence electrons.